The van der Waals surface area contributed by atoms with Crippen LogP contribution in [0.2, 0.25) is 0 Å². The van der Waals surface area contributed by atoms with Crippen molar-refractivity contribution in [2.24, 2.45) is 17.8 Å². The third-order valence-electron chi connectivity index (χ3n) is 4.52. The summed E-state index contributed by atoms with van der Waals surface area (Å²) in [7, 11) is 0. The third-order valence-corrected chi connectivity index (χ3v) is 4.52. The van der Waals surface area contributed by atoms with Crippen LogP contribution in [0.1, 0.15) is 46.5 Å². The Morgan fingerprint density at radius 3 is 2.50 bits per heavy atom. The summed E-state index contributed by atoms with van der Waals surface area (Å²) in [5, 5.41) is 0. The highest BCUT2D eigenvalue weighted by Gasteiger charge is 2.28. The number of rotatable bonds is 2. The quantitative estimate of drug-likeness (QED) is 0.643. The summed E-state index contributed by atoms with van der Waals surface area (Å²) in [6.07, 6.45) is 8.12. The van der Waals surface area contributed by atoms with E-state index in [1.54, 1.807) is 5.57 Å². The van der Waals surface area contributed by atoms with Crippen LogP contribution in [0.15, 0.2) is 11.6 Å². The zero-order valence-corrected chi connectivity index (χ0v) is 11.2. The van der Waals surface area contributed by atoms with E-state index in [2.05, 4.69) is 31.7 Å². The largest absolute Gasteiger partial charge is 0.303 e. The first-order valence-electron chi connectivity index (χ1n) is 7.06. The van der Waals surface area contributed by atoms with Gasteiger partial charge in [0, 0.05) is 6.54 Å². The minimum Gasteiger partial charge on any atom is -0.303 e. The van der Waals surface area contributed by atoms with E-state index in [1.165, 1.54) is 45.3 Å². The van der Waals surface area contributed by atoms with Gasteiger partial charge in [-0.3, -0.25) is 0 Å². The number of likely N-dealkylation sites (tertiary alicyclic amines) is 1. The minimum atomic E-state index is 0.783. The van der Waals surface area contributed by atoms with Gasteiger partial charge >= 0.3 is 0 Å². The summed E-state index contributed by atoms with van der Waals surface area (Å²) in [6.45, 7) is 11.2. The number of nitrogens with zero attached hydrogens (tertiary/aromatic N) is 1. The van der Waals surface area contributed by atoms with Gasteiger partial charge in [-0.05, 0) is 57.0 Å². The van der Waals surface area contributed by atoms with Crippen molar-refractivity contribution >= 4 is 0 Å². The molecule has 0 saturated carbocycles. The lowest BCUT2D eigenvalue weighted by Gasteiger charge is -2.38. The van der Waals surface area contributed by atoms with E-state index in [0.717, 1.165) is 17.8 Å². The molecule has 0 bridgehead atoms. The molecule has 3 atom stereocenters. The normalized spacial score (nSPS) is 37.2. The second kappa shape index (κ2) is 5.35. The molecule has 0 aromatic heterocycles. The smallest absolute Gasteiger partial charge is 0.00178 e. The summed E-state index contributed by atoms with van der Waals surface area (Å²) in [5.41, 5.74) is 1.61. The Balaban J connectivity index is 1.92. The Bertz CT molecular complexity index is 250. The van der Waals surface area contributed by atoms with Crippen molar-refractivity contribution in [1.29, 1.82) is 0 Å². The van der Waals surface area contributed by atoms with E-state index in [-0.39, 0.29) is 0 Å². The van der Waals surface area contributed by atoms with Gasteiger partial charge in [-0.15, -0.1) is 0 Å². The molecular formula is C15H27N. The molecule has 2 aliphatic rings. The molecule has 92 valence electrons. The molecule has 0 aromatic carbocycles. The second-order valence-corrected chi connectivity index (χ2v) is 6.08. The monoisotopic (exact) mass is 221 g/mol. The number of hydrogen-bond donors (Lipinski definition) is 0. The maximum Gasteiger partial charge on any atom is 0.00178 e. The van der Waals surface area contributed by atoms with Crippen molar-refractivity contribution in [2.45, 2.75) is 46.5 Å². The Morgan fingerprint density at radius 2 is 1.88 bits per heavy atom. The van der Waals surface area contributed by atoms with Crippen molar-refractivity contribution in [3.8, 4) is 0 Å². The fourth-order valence-corrected chi connectivity index (χ4v) is 3.60. The average Bonchev–Trinajstić information content (AvgIpc) is 2.25. The first-order chi connectivity index (χ1) is 7.66. The molecule has 0 spiro atoms. The van der Waals surface area contributed by atoms with Gasteiger partial charge < -0.3 is 4.90 Å². The van der Waals surface area contributed by atoms with Crippen LogP contribution in [0.5, 0.6) is 0 Å². The van der Waals surface area contributed by atoms with Gasteiger partial charge in [0.2, 0.25) is 0 Å². The molecule has 1 heterocycles. The molecule has 1 aliphatic heterocycles. The van der Waals surface area contributed by atoms with E-state index in [0.29, 0.717) is 0 Å². The van der Waals surface area contributed by atoms with Gasteiger partial charge in [0.15, 0.2) is 0 Å². The molecule has 0 unspecified atom stereocenters. The summed E-state index contributed by atoms with van der Waals surface area (Å²) >= 11 is 0. The molecule has 1 fully saturated rings. The van der Waals surface area contributed by atoms with Gasteiger partial charge in [-0.25, -0.2) is 0 Å². The van der Waals surface area contributed by atoms with Crippen LogP contribution in [0.4, 0.5) is 0 Å². The highest BCUT2D eigenvalue weighted by molar-refractivity contribution is 5.08. The maximum absolute atomic E-state index is 2.70. The zero-order chi connectivity index (χ0) is 11.5. The Kier molecular flexibility index (Phi) is 4.07. The van der Waals surface area contributed by atoms with Crippen LogP contribution in [0.25, 0.3) is 0 Å². The van der Waals surface area contributed by atoms with Crippen molar-refractivity contribution in [2.75, 3.05) is 19.6 Å². The van der Waals surface area contributed by atoms with E-state index in [1.807, 2.05) is 0 Å². The number of allylic oxidation sites excluding steroid dienone is 2. The van der Waals surface area contributed by atoms with Crippen molar-refractivity contribution in [1.82, 2.24) is 4.90 Å². The molecule has 0 radical (unpaired) electrons. The van der Waals surface area contributed by atoms with Crippen LogP contribution in [0, 0.1) is 17.8 Å². The molecule has 16 heavy (non-hydrogen) atoms. The highest BCUT2D eigenvalue weighted by Crippen LogP contribution is 2.34. The maximum atomic E-state index is 2.70. The lowest BCUT2D eigenvalue weighted by atomic mass is 9.74. The van der Waals surface area contributed by atoms with Crippen LogP contribution in [-0.4, -0.2) is 24.5 Å². The third kappa shape index (κ3) is 2.88. The minimum absolute atomic E-state index is 0.783. The van der Waals surface area contributed by atoms with Gasteiger partial charge in [0.1, 0.15) is 0 Å². The fourth-order valence-electron chi connectivity index (χ4n) is 3.60. The van der Waals surface area contributed by atoms with Gasteiger partial charge in [0.25, 0.3) is 0 Å². The van der Waals surface area contributed by atoms with E-state index >= 15 is 0 Å². The lowest BCUT2D eigenvalue weighted by molar-refractivity contribution is 0.141. The standard InChI is InChI=1S/C15H27N/c1-12-9-13(2)15(14(3)10-12)11-16-7-5-4-6-8-16/h9,13-15H,4-8,10-11H2,1-3H3/t13-,14+,15+/m0/s1. The fraction of sp³-hybridized carbons (Fsp3) is 0.867. The summed E-state index contributed by atoms with van der Waals surface area (Å²) in [5.74, 6) is 2.55. The molecule has 1 nitrogen and oxygen atoms in total. The van der Waals surface area contributed by atoms with Crippen LogP contribution >= 0.6 is 0 Å². The predicted molar refractivity (Wildman–Crippen MR) is 70.5 cm³/mol. The molecule has 1 saturated heterocycles. The number of piperidine rings is 1. The molecule has 0 N–H and O–H groups in total. The first kappa shape index (κ1) is 12.2. The molecule has 1 heteroatoms. The second-order valence-electron chi connectivity index (χ2n) is 6.08. The van der Waals surface area contributed by atoms with Crippen LogP contribution in [0.3, 0.4) is 0 Å². The van der Waals surface area contributed by atoms with Crippen molar-refractivity contribution in [3.63, 3.8) is 0 Å². The Labute approximate surface area is 101 Å². The molecule has 2 rings (SSSR count). The Morgan fingerprint density at radius 1 is 1.19 bits per heavy atom. The van der Waals surface area contributed by atoms with Crippen LogP contribution in [-0.2, 0) is 0 Å². The van der Waals surface area contributed by atoms with Crippen molar-refractivity contribution in [3.05, 3.63) is 11.6 Å². The summed E-state index contributed by atoms with van der Waals surface area (Å²) < 4.78 is 0. The predicted octanol–water partition coefficient (Wildman–Crippen LogP) is 3.71. The van der Waals surface area contributed by atoms with Gasteiger partial charge in [-0.2, -0.15) is 0 Å². The highest BCUT2D eigenvalue weighted by atomic mass is 15.1. The van der Waals surface area contributed by atoms with Crippen molar-refractivity contribution < 1.29 is 0 Å². The van der Waals surface area contributed by atoms with Gasteiger partial charge in [0.05, 0.1) is 0 Å². The topological polar surface area (TPSA) is 3.24 Å². The average molecular weight is 221 g/mol. The summed E-state index contributed by atoms with van der Waals surface area (Å²) in [4.78, 5) is 2.70. The SMILES string of the molecule is CC1=C[C@H](C)[C@@H](CN2CCCCC2)[C@H](C)C1. The van der Waals surface area contributed by atoms with E-state index in [9.17, 15) is 0 Å². The Hall–Kier alpha value is -0.300. The van der Waals surface area contributed by atoms with Gasteiger partial charge in [-0.1, -0.05) is 31.9 Å². The van der Waals surface area contributed by atoms with E-state index < -0.39 is 0 Å². The molecule has 0 amide bonds. The zero-order valence-electron chi connectivity index (χ0n) is 11.2. The molecule has 1 aliphatic carbocycles. The van der Waals surface area contributed by atoms with E-state index in [4.69, 9.17) is 0 Å². The van der Waals surface area contributed by atoms with Crippen LogP contribution < -0.4 is 0 Å². The number of hydrogen-bond acceptors (Lipinski definition) is 1. The first-order valence-corrected chi connectivity index (χ1v) is 7.06. The lowest BCUT2D eigenvalue weighted by Crippen LogP contribution is -2.39. The molecule has 0 aromatic rings. The summed E-state index contributed by atoms with van der Waals surface area (Å²) in [6, 6.07) is 0. The molecular weight excluding hydrogens is 194 g/mol.